The summed E-state index contributed by atoms with van der Waals surface area (Å²) in [6.07, 6.45) is -7.59. The van der Waals surface area contributed by atoms with Crippen LogP contribution in [0.3, 0.4) is 0 Å². The molecule has 152 valence electrons. The maximum atomic E-state index is 12.8. The second-order valence-electron chi connectivity index (χ2n) is 6.25. The Balaban J connectivity index is 2.26. The SMILES string of the molecule is CO[C@H]1C[C@@H](S(=O)(=O)c2ccc(O[C@@H](C)C(F)(F)F)cc2Cl)C[C@@H]1C(=O)O. The molecule has 1 aliphatic carbocycles. The van der Waals surface area contributed by atoms with Gasteiger partial charge < -0.3 is 14.6 Å². The Labute approximate surface area is 159 Å². The zero-order valence-corrected chi connectivity index (χ0v) is 15.9. The van der Waals surface area contributed by atoms with Crippen molar-refractivity contribution < 1.29 is 41.0 Å². The lowest BCUT2D eigenvalue weighted by molar-refractivity contribution is -0.189. The first-order chi connectivity index (χ1) is 12.4. The number of methoxy groups -OCH3 is 1. The minimum Gasteiger partial charge on any atom is -0.481 e. The predicted octanol–water partition coefficient (Wildman–Crippen LogP) is 3.32. The van der Waals surface area contributed by atoms with E-state index in [1.54, 1.807) is 0 Å². The number of rotatable bonds is 6. The number of benzene rings is 1. The van der Waals surface area contributed by atoms with Crippen LogP contribution in [0.15, 0.2) is 23.1 Å². The molecule has 0 radical (unpaired) electrons. The number of aliphatic carboxylic acids is 1. The highest BCUT2D eigenvalue weighted by molar-refractivity contribution is 7.92. The molecular weight excluding hydrogens is 413 g/mol. The highest BCUT2D eigenvalue weighted by Crippen LogP contribution is 2.38. The van der Waals surface area contributed by atoms with Crippen LogP contribution in [0.4, 0.5) is 13.2 Å². The smallest absolute Gasteiger partial charge is 0.425 e. The second-order valence-corrected chi connectivity index (χ2v) is 8.85. The van der Waals surface area contributed by atoms with Gasteiger partial charge in [0.25, 0.3) is 0 Å². The average Bonchev–Trinajstić information content (AvgIpc) is 2.99. The molecule has 0 heterocycles. The average molecular weight is 431 g/mol. The summed E-state index contributed by atoms with van der Waals surface area (Å²) in [5.74, 6) is -2.35. The van der Waals surface area contributed by atoms with Crippen molar-refractivity contribution in [2.75, 3.05) is 7.11 Å². The summed E-state index contributed by atoms with van der Waals surface area (Å²) in [7, 11) is -2.70. The van der Waals surface area contributed by atoms with Gasteiger partial charge in [-0.25, -0.2) is 8.42 Å². The van der Waals surface area contributed by atoms with Gasteiger partial charge in [-0.2, -0.15) is 13.2 Å². The summed E-state index contributed by atoms with van der Waals surface area (Å²) in [5.41, 5.74) is 0. The van der Waals surface area contributed by atoms with Crippen LogP contribution in [0, 0.1) is 5.92 Å². The standard InChI is InChI=1S/C16H18ClF3O6S/c1-8(16(18,19)20)26-9-3-4-14(12(17)5-9)27(23,24)10-6-11(15(21)22)13(7-10)25-2/h3-5,8,10-11,13H,6-7H2,1-2H3,(H,21,22)/t8-,10-,11-,13-/m0/s1. The topological polar surface area (TPSA) is 89.9 Å². The third kappa shape index (κ3) is 4.67. The molecule has 1 N–H and O–H groups in total. The van der Waals surface area contributed by atoms with Crippen molar-refractivity contribution in [2.24, 2.45) is 5.92 Å². The van der Waals surface area contributed by atoms with E-state index in [1.807, 2.05) is 0 Å². The van der Waals surface area contributed by atoms with Crippen LogP contribution in [0.2, 0.25) is 5.02 Å². The number of halogens is 4. The number of carboxylic acids is 1. The Hall–Kier alpha value is -1.52. The fourth-order valence-electron chi connectivity index (χ4n) is 2.96. The summed E-state index contributed by atoms with van der Waals surface area (Å²) in [4.78, 5) is 11.0. The van der Waals surface area contributed by atoms with Gasteiger partial charge in [-0.1, -0.05) is 11.6 Å². The highest BCUT2D eigenvalue weighted by atomic mass is 35.5. The third-order valence-corrected chi connectivity index (χ3v) is 7.16. The summed E-state index contributed by atoms with van der Waals surface area (Å²) in [5, 5.41) is 7.88. The zero-order chi connectivity index (χ0) is 20.6. The van der Waals surface area contributed by atoms with Gasteiger partial charge in [-0.15, -0.1) is 0 Å². The van der Waals surface area contributed by atoms with Gasteiger partial charge in [0.15, 0.2) is 15.9 Å². The maximum Gasteiger partial charge on any atom is 0.425 e. The number of carbonyl (C=O) groups is 1. The Morgan fingerprint density at radius 3 is 2.41 bits per heavy atom. The monoisotopic (exact) mass is 430 g/mol. The number of alkyl halides is 3. The molecule has 1 fully saturated rings. The number of sulfone groups is 1. The van der Waals surface area contributed by atoms with E-state index in [-0.39, 0.29) is 28.5 Å². The molecule has 2 rings (SSSR count). The van der Waals surface area contributed by atoms with E-state index in [1.165, 1.54) is 7.11 Å². The van der Waals surface area contributed by atoms with E-state index in [0.29, 0.717) is 0 Å². The molecule has 0 bridgehead atoms. The van der Waals surface area contributed by atoms with Crippen molar-refractivity contribution in [1.82, 2.24) is 0 Å². The van der Waals surface area contributed by atoms with Gasteiger partial charge in [-0.3, -0.25) is 4.79 Å². The van der Waals surface area contributed by atoms with E-state index in [4.69, 9.17) is 21.1 Å². The Morgan fingerprint density at radius 2 is 1.96 bits per heavy atom. The number of hydrogen-bond donors (Lipinski definition) is 1. The molecule has 1 aliphatic rings. The molecule has 0 saturated heterocycles. The largest absolute Gasteiger partial charge is 0.481 e. The first kappa shape index (κ1) is 21.8. The Morgan fingerprint density at radius 1 is 1.33 bits per heavy atom. The molecule has 1 saturated carbocycles. The molecule has 1 aromatic carbocycles. The molecule has 4 atom stereocenters. The Kier molecular flexibility index (Phi) is 6.33. The van der Waals surface area contributed by atoms with Crippen molar-refractivity contribution in [3.05, 3.63) is 23.2 Å². The van der Waals surface area contributed by atoms with Crippen LogP contribution in [0.1, 0.15) is 19.8 Å². The van der Waals surface area contributed by atoms with Crippen LogP contribution in [-0.2, 0) is 19.4 Å². The van der Waals surface area contributed by atoms with Gasteiger partial charge >= 0.3 is 12.1 Å². The minimum absolute atomic E-state index is 0.0184. The lowest BCUT2D eigenvalue weighted by Crippen LogP contribution is -2.31. The van der Waals surface area contributed by atoms with E-state index in [2.05, 4.69) is 0 Å². The molecule has 11 heteroatoms. The molecule has 27 heavy (non-hydrogen) atoms. The molecule has 1 aromatic rings. The fraction of sp³-hybridized carbons (Fsp3) is 0.562. The minimum atomic E-state index is -4.58. The van der Waals surface area contributed by atoms with E-state index in [9.17, 15) is 31.5 Å². The quantitative estimate of drug-likeness (QED) is 0.744. The third-order valence-electron chi connectivity index (χ3n) is 4.50. The van der Waals surface area contributed by atoms with E-state index >= 15 is 0 Å². The van der Waals surface area contributed by atoms with Gasteiger partial charge in [0, 0.05) is 13.2 Å². The van der Waals surface area contributed by atoms with Gasteiger partial charge in [-0.05, 0) is 31.9 Å². The molecule has 0 unspecified atom stereocenters. The molecular formula is C16H18ClF3O6S. The Bertz CT molecular complexity index is 811. The van der Waals surface area contributed by atoms with Gasteiger partial charge in [0.05, 0.1) is 27.2 Å². The lowest BCUT2D eigenvalue weighted by atomic mass is 10.1. The second kappa shape index (κ2) is 7.84. The van der Waals surface area contributed by atoms with E-state index in [0.717, 1.165) is 25.1 Å². The van der Waals surface area contributed by atoms with Crippen LogP contribution in [0.5, 0.6) is 5.75 Å². The zero-order valence-electron chi connectivity index (χ0n) is 14.4. The predicted molar refractivity (Wildman–Crippen MR) is 89.7 cm³/mol. The van der Waals surface area contributed by atoms with Crippen molar-refractivity contribution in [3.63, 3.8) is 0 Å². The first-order valence-corrected chi connectivity index (χ1v) is 9.82. The highest BCUT2D eigenvalue weighted by Gasteiger charge is 2.45. The van der Waals surface area contributed by atoms with Crippen molar-refractivity contribution in [1.29, 1.82) is 0 Å². The van der Waals surface area contributed by atoms with Crippen molar-refractivity contribution in [2.45, 2.75) is 48.3 Å². The van der Waals surface area contributed by atoms with Crippen molar-refractivity contribution >= 4 is 27.4 Å². The summed E-state index contributed by atoms with van der Waals surface area (Å²) < 4.78 is 73.1. The van der Waals surface area contributed by atoms with Crippen molar-refractivity contribution in [3.8, 4) is 5.75 Å². The van der Waals surface area contributed by atoms with E-state index < -0.39 is 45.4 Å². The lowest BCUT2D eigenvalue weighted by Gasteiger charge is -2.19. The molecule has 0 spiro atoms. The summed E-state index contributed by atoms with van der Waals surface area (Å²) in [6.45, 7) is 0.814. The molecule has 6 nitrogen and oxygen atoms in total. The number of hydrogen-bond acceptors (Lipinski definition) is 5. The van der Waals surface area contributed by atoms with Crippen LogP contribution in [-0.4, -0.2) is 50.2 Å². The molecule has 0 amide bonds. The van der Waals surface area contributed by atoms with Gasteiger partial charge in [0.1, 0.15) is 5.75 Å². The summed E-state index contributed by atoms with van der Waals surface area (Å²) in [6, 6.07) is 3.14. The molecule has 0 aromatic heterocycles. The van der Waals surface area contributed by atoms with Gasteiger partial charge in [0.2, 0.25) is 0 Å². The van der Waals surface area contributed by atoms with Crippen LogP contribution in [0.25, 0.3) is 0 Å². The maximum absolute atomic E-state index is 12.8. The first-order valence-electron chi connectivity index (χ1n) is 7.90. The number of carboxylic acid groups (broad SMARTS) is 1. The normalized spacial score (nSPS) is 24.6. The fourth-order valence-corrected chi connectivity index (χ4v) is 5.31. The van der Waals surface area contributed by atoms with Crippen LogP contribution >= 0.6 is 11.6 Å². The van der Waals surface area contributed by atoms with Crippen LogP contribution < -0.4 is 4.74 Å². The number of ether oxygens (including phenoxy) is 2. The summed E-state index contributed by atoms with van der Waals surface area (Å²) >= 11 is 5.97. The molecule has 0 aliphatic heterocycles.